The lowest BCUT2D eigenvalue weighted by Crippen LogP contribution is -2.07. The van der Waals surface area contributed by atoms with Crippen LogP contribution < -0.4 is 0 Å². The Morgan fingerprint density at radius 1 is 1.47 bits per heavy atom. The summed E-state index contributed by atoms with van der Waals surface area (Å²) in [7, 11) is 0. The van der Waals surface area contributed by atoms with Gasteiger partial charge in [-0.05, 0) is 38.0 Å². The molecular weight excluding hydrogens is 247 g/mol. The summed E-state index contributed by atoms with van der Waals surface area (Å²) in [5.74, 6) is -0.172. The van der Waals surface area contributed by atoms with E-state index >= 15 is 0 Å². The number of carbonyl (C=O) groups is 1. The van der Waals surface area contributed by atoms with E-state index in [2.05, 4.69) is 10.1 Å². The molecule has 1 aromatic heterocycles. The molecule has 1 unspecified atom stereocenters. The highest BCUT2D eigenvalue weighted by molar-refractivity contribution is 5.82. The minimum atomic E-state index is -0.393. The highest BCUT2D eigenvalue weighted by Crippen LogP contribution is 2.25. The van der Waals surface area contributed by atoms with Gasteiger partial charge in [-0.1, -0.05) is 18.1 Å². The molecule has 0 amide bonds. The summed E-state index contributed by atoms with van der Waals surface area (Å²) in [5.41, 5.74) is 1.43. The molecule has 2 aromatic rings. The fourth-order valence-corrected chi connectivity index (χ4v) is 1.96. The lowest BCUT2D eigenvalue weighted by molar-refractivity contribution is -0.119. The fraction of sp³-hybridized carbons (Fsp3) is 0.357. The summed E-state index contributed by atoms with van der Waals surface area (Å²) in [6.45, 7) is 5.21. The molecule has 0 aliphatic carbocycles. The minimum Gasteiger partial charge on any atom is -0.338 e. The monoisotopic (exact) mass is 262 g/mol. The van der Waals surface area contributed by atoms with Crippen LogP contribution >= 0.6 is 0 Å². The quantitative estimate of drug-likeness (QED) is 0.848. The molecule has 0 saturated carbocycles. The largest absolute Gasteiger partial charge is 0.338 e. The molecule has 0 saturated heterocycles. The average Bonchev–Trinajstić information content (AvgIpc) is 2.82. The lowest BCUT2D eigenvalue weighted by Gasteiger charge is -2.03. The molecule has 0 N–H and O–H groups in total. The highest BCUT2D eigenvalue weighted by atomic mass is 19.1. The summed E-state index contributed by atoms with van der Waals surface area (Å²) in [5, 5.41) is 3.83. The van der Waals surface area contributed by atoms with E-state index in [4.69, 9.17) is 4.52 Å². The molecule has 0 aliphatic heterocycles. The molecule has 0 spiro atoms. The second kappa shape index (κ2) is 5.30. The van der Waals surface area contributed by atoms with Gasteiger partial charge in [0.15, 0.2) is 0 Å². The van der Waals surface area contributed by atoms with Crippen LogP contribution in [0.2, 0.25) is 0 Å². The Morgan fingerprint density at radius 3 is 2.84 bits per heavy atom. The second-order valence-electron chi connectivity index (χ2n) is 4.49. The van der Waals surface area contributed by atoms with E-state index in [1.165, 1.54) is 19.1 Å². The van der Waals surface area contributed by atoms with Crippen LogP contribution in [-0.2, 0) is 4.79 Å². The van der Waals surface area contributed by atoms with Crippen LogP contribution in [0, 0.1) is 12.7 Å². The molecule has 1 heterocycles. The highest BCUT2D eigenvalue weighted by Gasteiger charge is 2.22. The summed E-state index contributed by atoms with van der Waals surface area (Å²) < 4.78 is 18.4. The predicted octanol–water partition coefficient (Wildman–Crippen LogP) is 3.27. The molecule has 4 nitrogen and oxygen atoms in total. The first-order chi connectivity index (χ1) is 9.02. The third-order valence-corrected chi connectivity index (χ3v) is 3.08. The summed E-state index contributed by atoms with van der Waals surface area (Å²) >= 11 is 0. The normalized spacial score (nSPS) is 12.4. The fourth-order valence-electron chi connectivity index (χ4n) is 1.96. The molecule has 0 radical (unpaired) electrons. The smallest absolute Gasteiger partial charge is 0.237 e. The number of hydrogen-bond acceptors (Lipinski definition) is 4. The Hall–Kier alpha value is -2.04. The van der Waals surface area contributed by atoms with Gasteiger partial charge in [-0.2, -0.15) is 4.98 Å². The maximum atomic E-state index is 13.3. The van der Waals surface area contributed by atoms with Crippen molar-refractivity contribution in [2.75, 3.05) is 0 Å². The molecule has 5 heteroatoms. The zero-order chi connectivity index (χ0) is 14.0. The van der Waals surface area contributed by atoms with Crippen molar-refractivity contribution in [1.29, 1.82) is 0 Å². The maximum Gasteiger partial charge on any atom is 0.237 e. The standard InChI is InChI=1S/C14H15FN2O2/c1-4-11(9(3)18)14-16-13(17-19-14)12-7-10(15)6-5-8(12)2/h5-7,11H,4H2,1-3H3. The average molecular weight is 262 g/mol. The van der Waals surface area contributed by atoms with Crippen molar-refractivity contribution >= 4 is 5.78 Å². The van der Waals surface area contributed by atoms with Gasteiger partial charge in [-0.3, -0.25) is 4.79 Å². The van der Waals surface area contributed by atoms with Crippen LogP contribution in [-0.4, -0.2) is 15.9 Å². The van der Waals surface area contributed by atoms with Gasteiger partial charge in [0.1, 0.15) is 11.6 Å². The molecule has 1 atom stereocenters. The van der Waals surface area contributed by atoms with E-state index in [9.17, 15) is 9.18 Å². The van der Waals surface area contributed by atoms with E-state index in [0.717, 1.165) is 5.56 Å². The zero-order valence-corrected chi connectivity index (χ0v) is 11.1. The molecule has 2 rings (SSSR count). The van der Waals surface area contributed by atoms with E-state index in [1.54, 1.807) is 6.07 Å². The van der Waals surface area contributed by atoms with Gasteiger partial charge >= 0.3 is 0 Å². The van der Waals surface area contributed by atoms with Gasteiger partial charge in [0, 0.05) is 5.56 Å². The van der Waals surface area contributed by atoms with E-state index < -0.39 is 5.92 Å². The molecular formula is C14H15FN2O2. The maximum absolute atomic E-state index is 13.3. The molecule has 19 heavy (non-hydrogen) atoms. The first-order valence-corrected chi connectivity index (χ1v) is 6.13. The number of nitrogens with zero attached hydrogens (tertiary/aromatic N) is 2. The van der Waals surface area contributed by atoms with Gasteiger partial charge < -0.3 is 4.52 Å². The minimum absolute atomic E-state index is 0.0198. The van der Waals surface area contributed by atoms with Crippen LogP contribution in [0.25, 0.3) is 11.4 Å². The number of benzene rings is 1. The van der Waals surface area contributed by atoms with Crippen LogP contribution in [0.3, 0.4) is 0 Å². The molecule has 0 fully saturated rings. The number of hydrogen-bond donors (Lipinski definition) is 0. The lowest BCUT2D eigenvalue weighted by atomic mass is 10.0. The van der Waals surface area contributed by atoms with Crippen LogP contribution in [0.1, 0.15) is 37.6 Å². The van der Waals surface area contributed by atoms with Crippen LogP contribution in [0.4, 0.5) is 4.39 Å². The summed E-state index contributed by atoms with van der Waals surface area (Å²) in [4.78, 5) is 15.7. The van der Waals surface area contributed by atoms with Crippen molar-refractivity contribution < 1.29 is 13.7 Å². The number of halogens is 1. The number of carbonyl (C=O) groups excluding carboxylic acids is 1. The molecule has 100 valence electrons. The van der Waals surface area contributed by atoms with Gasteiger partial charge in [0.25, 0.3) is 0 Å². The second-order valence-corrected chi connectivity index (χ2v) is 4.49. The number of aromatic nitrogens is 2. The number of Topliss-reactive ketones (excluding diaryl/α,β-unsaturated/α-hetero) is 1. The van der Waals surface area contributed by atoms with Crippen molar-refractivity contribution in [2.45, 2.75) is 33.1 Å². The molecule has 0 aliphatic rings. The van der Waals surface area contributed by atoms with Crippen molar-refractivity contribution in [3.8, 4) is 11.4 Å². The zero-order valence-electron chi connectivity index (χ0n) is 11.1. The molecule has 0 bridgehead atoms. The number of rotatable bonds is 4. The van der Waals surface area contributed by atoms with Crippen molar-refractivity contribution in [1.82, 2.24) is 10.1 Å². The van der Waals surface area contributed by atoms with Gasteiger partial charge in [0.2, 0.25) is 11.7 Å². The van der Waals surface area contributed by atoms with Gasteiger partial charge in [0.05, 0.1) is 5.92 Å². The Balaban J connectivity index is 2.40. The summed E-state index contributed by atoms with van der Waals surface area (Å²) in [6.07, 6.45) is 0.596. The predicted molar refractivity (Wildman–Crippen MR) is 68.1 cm³/mol. The van der Waals surface area contributed by atoms with Crippen molar-refractivity contribution in [2.24, 2.45) is 0 Å². The Bertz CT molecular complexity index is 607. The Morgan fingerprint density at radius 2 is 2.21 bits per heavy atom. The van der Waals surface area contributed by atoms with Crippen molar-refractivity contribution in [3.63, 3.8) is 0 Å². The molecule has 1 aromatic carbocycles. The third-order valence-electron chi connectivity index (χ3n) is 3.08. The van der Waals surface area contributed by atoms with E-state index in [1.807, 2.05) is 13.8 Å². The Labute approximate surface area is 110 Å². The van der Waals surface area contributed by atoms with Crippen LogP contribution in [0.5, 0.6) is 0 Å². The SMILES string of the molecule is CCC(C(C)=O)c1nc(-c2cc(F)ccc2C)no1. The van der Waals surface area contributed by atoms with Gasteiger partial charge in [-0.25, -0.2) is 4.39 Å². The first kappa shape index (κ1) is 13.4. The van der Waals surface area contributed by atoms with Crippen LogP contribution in [0.15, 0.2) is 22.7 Å². The van der Waals surface area contributed by atoms with Gasteiger partial charge in [-0.15, -0.1) is 0 Å². The first-order valence-electron chi connectivity index (χ1n) is 6.13. The number of aryl methyl sites for hydroxylation is 1. The van der Waals surface area contributed by atoms with Crippen molar-refractivity contribution in [3.05, 3.63) is 35.5 Å². The summed E-state index contributed by atoms with van der Waals surface area (Å²) in [6, 6.07) is 4.39. The van der Waals surface area contributed by atoms with E-state index in [0.29, 0.717) is 17.8 Å². The van der Waals surface area contributed by atoms with E-state index in [-0.39, 0.29) is 17.5 Å². The number of ketones is 1. The Kier molecular flexibility index (Phi) is 3.74. The topological polar surface area (TPSA) is 56.0 Å². The third kappa shape index (κ3) is 2.70.